The number of aryl methyl sites for hydroxylation is 1. The standard InChI is InChI=1S/C18H21F2N5O4S/c1-9-3-13(20)17-14(4-9)24-18(27)25(30(17,28)29)8-15(26)23-10(2)16-12(19)5-11(6-21)7-22-16/h3-4,10-12,16,22H,5,7-8H2,1-2H3,(H,23,26)(H,24,27)/t10-,11?,12?,16?/m1/s1. The molecule has 12 heteroatoms. The number of hydrogen-bond donors (Lipinski definition) is 3. The molecule has 30 heavy (non-hydrogen) atoms. The number of amides is 3. The molecule has 0 radical (unpaired) electrons. The molecule has 2 aliphatic rings. The van der Waals surface area contributed by atoms with Gasteiger partial charge in [-0.1, -0.05) is 0 Å². The Hall–Kier alpha value is -2.78. The van der Waals surface area contributed by atoms with E-state index < -0.39 is 63.4 Å². The van der Waals surface area contributed by atoms with Crippen LogP contribution in [0.5, 0.6) is 0 Å². The number of sulfonamides is 1. The molecule has 2 aliphatic heterocycles. The minimum Gasteiger partial charge on any atom is -0.350 e. The van der Waals surface area contributed by atoms with Gasteiger partial charge in [0.05, 0.1) is 23.7 Å². The van der Waals surface area contributed by atoms with E-state index in [2.05, 4.69) is 16.0 Å². The monoisotopic (exact) mass is 441 g/mol. The Morgan fingerprint density at radius 3 is 2.80 bits per heavy atom. The molecular weight excluding hydrogens is 420 g/mol. The summed E-state index contributed by atoms with van der Waals surface area (Å²) < 4.78 is 54.3. The number of alkyl halides is 1. The van der Waals surface area contributed by atoms with E-state index in [1.54, 1.807) is 6.92 Å². The van der Waals surface area contributed by atoms with Crippen LogP contribution in [0.25, 0.3) is 0 Å². The van der Waals surface area contributed by atoms with Gasteiger partial charge in [0.15, 0.2) is 0 Å². The number of nitriles is 1. The quantitative estimate of drug-likeness (QED) is 0.639. The average molecular weight is 441 g/mol. The van der Waals surface area contributed by atoms with Gasteiger partial charge in [0.1, 0.15) is 23.4 Å². The summed E-state index contributed by atoms with van der Waals surface area (Å²) in [4.78, 5) is 23.9. The third kappa shape index (κ3) is 4.08. The fourth-order valence-electron chi connectivity index (χ4n) is 3.65. The third-order valence-corrected chi connectivity index (χ3v) is 6.91. The first-order chi connectivity index (χ1) is 14.0. The molecule has 3 N–H and O–H groups in total. The van der Waals surface area contributed by atoms with Crippen LogP contribution in [0.1, 0.15) is 18.9 Å². The Kier molecular flexibility index (Phi) is 5.96. The number of carbonyl (C=O) groups excluding carboxylic acids is 2. The summed E-state index contributed by atoms with van der Waals surface area (Å²) in [6.07, 6.45) is -1.36. The molecule has 4 atom stereocenters. The zero-order valence-corrected chi connectivity index (χ0v) is 17.1. The van der Waals surface area contributed by atoms with Gasteiger partial charge in [-0.2, -0.15) is 5.26 Å². The summed E-state index contributed by atoms with van der Waals surface area (Å²) in [6, 6.07) is 1.71. The van der Waals surface area contributed by atoms with Gasteiger partial charge >= 0.3 is 6.03 Å². The fraction of sp³-hybridized carbons (Fsp3) is 0.500. The number of anilines is 1. The number of carbonyl (C=O) groups is 2. The molecule has 0 aromatic heterocycles. The molecule has 0 bridgehead atoms. The number of halogens is 2. The van der Waals surface area contributed by atoms with Crippen molar-refractivity contribution in [3.05, 3.63) is 23.5 Å². The number of fused-ring (bicyclic) bond motifs is 1. The van der Waals surface area contributed by atoms with E-state index in [9.17, 15) is 26.8 Å². The summed E-state index contributed by atoms with van der Waals surface area (Å²) in [5, 5.41) is 16.5. The van der Waals surface area contributed by atoms with E-state index in [0.717, 1.165) is 6.07 Å². The van der Waals surface area contributed by atoms with Crippen LogP contribution in [-0.2, 0) is 14.8 Å². The number of benzene rings is 1. The number of urea groups is 1. The van der Waals surface area contributed by atoms with Gasteiger partial charge in [0, 0.05) is 12.6 Å². The topological polar surface area (TPSA) is 131 Å². The van der Waals surface area contributed by atoms with Crippen molar-refractivity contribution in [2.24, 2.45) is 5.92 Å². The van der Waals surface area contributed by atoms with E-state index in [4.69, 9.17) is 5.26 Å². The van der Waals surface area contributed by atoms with Gasteiger partial charge in [-0.3, -0.25) is 4.79 Å². The molecule has 0 aliphatic carbocycles. The van der Waals surface area contributed by atoms with Gasteiger partial charge in [-0.25, -0.2) is 26.3 Å². The van der Waals surface area contributed by atoms with Crippen molar-refractivity contribution in [3.63, 3.8) is 0 Å². The normalized spacial score (nSPS) is 26.2. The second-order valence-electron chi connectivity index (χ2n) is 7.43. The van der Waals surface area contributed by atoms with Gasteiger partial charge in [-0.05, 0) is 38.0 Å². The maximum atomic E-state index is 14.3. The predicted octanol–water partition coefficient (Wildman–Crippen LogP) is 1.01. The van der Waals surface area contributed by atoms with Crippen molar-refractivity contribution in [2.75, 3.05) is 18.4 Å². The van der Waals surface area contributed by atoms with Crippen LogP contribution in [-0.4, -0.2) is 56.0 Å². The fourth-order valence-corrected chi connectivity index (χ4v) is 5.12. The number of piperidine rings is 1. The molecule has 3 rings (SSSR count). The SMILES string of the molecule is Cc1cc(F)c2c(c1)NC(=O)N(CC(=O)N[C@H](C)C1NCC(C#N)CC1F)S2(=O)=O. The van der Waals surface area contributed by atoms with Gasteiger partial charge in [0.2, 0.25) is 5.91 Å². The van der Waals surface area contributed by atoms with E-state index in [0.29, 0.717) is 5.56 Å². The first-order valence-corrected chi connectivity index (χ1v) is 10.7. The molecule has 3 unspecified atom stereocenters. The summed E-state index contributed by atoms with van der Waals surface area (Å²) in [5.74, 6) is -2.36. The second-order valence-corrected chi connectivity index (χ2v) is 9.23. The maximum absolute atomic E-state index is 14.3. The van der Waals surface area contributed by atoms with Gasteiger partial charge in [-0.15, -0.1) is 0 Å². The van der Waals surface area contributed by atoms with Crippen LogP contribution >= 0.6 is 0 Å². The largest absolute Gasteiger partial charge is 0.350 e. The predicted molar refractivity (Wildman–Crippen MR) is 102 cm³/mol. The van der Waals surface area contributed by atoms with Crippen LogP contribution in [0, 0.1) is 30.0 Å². The van der Waals surface area contributed by atoms with Crippen LogP contribution < -0.4 is 16.0 Å². The lowest BCUT2D eigenvalue weighted by Gasteiger charge is -2.35. The Bertz CT molecular complexity index is 1030. The first-order valence-electron chi connectivity index (χ1n) is 9.25. The minimum absolute atomic E-state index is 0.0206. The van der Waals surface area contributed by atoms with Crippen molar-refractivity contribution in [3.8, 4) is 6.07 Å². The highest BCUT2D eigenvalue weighted by Crippen LogP contribution is 2.33. The zero-order valence-electron chi connectivity index (χ0n) is 16.3. The smallest absolute Gasteiger partial charge is 0.336 e. The molecule has 3 amide bonds. The Morgan fingerprint density at radius 1 is 1.47 bits per heavy atom. The Balaban J connectivity index is 1.72. The van der Waals surface area contributed by atoms with E-state index in [-0.39, 0.29) is 23.0 Å². The number of nitrogens with one attached hydrogen (secondary N) is 3. The highest BCUT2D eigenvalue weighted by atomic mass is 32.2. The first kappa shape index (κ1) is 21.9. The summed E-state index contributed by atoms with van der Waals surface area (Å²) in [7, 11) is -4.60. The van der Waals surface area contributed by atoms with E-state index in [1.807, 2.05) is 6.07 Å². The van der Waals surface area contributed by atoms with Crippen molar-refractivity contribution in [1.82, 2.24) is 14.9 Å². The molecule has 1 aromatic rings. The summed E-state index contributed by atoms with van der Waals surface area (Å²) in [6.45, 7) is 2.44. The lowest BCUT2D eigenvalue weighted by atomic mass is 9.90. The van der Waals surface area contributed by atoms with Crippen LogP contribution in [0.15, 0.2) is 17.0 Å². The molecule has 0 saturated carbocycles. The van der Waals surface area contributed by atoms with Crippen LogP contribution in [0.4, 0.5) is 19.3 Å². The zero-order chi connectivity index (χ0) is 22.2. The second kappa shape index (κ2) is 8.16. The van der Waals surface area contributed by atoms with E-state index >= 15 is 0 Å². The highest BCUT2D eigenvalue weighted by molar-refractivity contribution is 7.90. The molecule has 1 fully saturated rings. The lowest BCUT2D eigenvalue weighted by Crippen LogP contribution is -2.58. The Morgan fingerprint density at radius 2 is 2.17 bits per heavy atom. The molecule has 1 saturated heterocycles. The Labute approximate surface area is 172 Å². The lowest BCUT2D eigenvalue weighted by molar-refractivity contribution is -0.121. The highest BCUT2D eigenvalue weighted by Gasteiger charge is 2.41. The molecule has 2 heterocycles. The third-order valence-electron chi connectivity index (χ3n) is 5.10. The number of rotatable bonds is 4. The van der Waals surface area contributed by atoms with Crippen molar-refractivity contribution in [1.29, 1.82) is 5.26 Å². The summed E-state index contributed by atoms with van der Waals surface area (Å²) >= 11 is 0. The van der Waals surface area contributed by atoms with Gasteiger partial charge < -0.3 is 16.0 Å². The maximum Gasteiger partial charge on any atom is 0.336 e. The van der Waals surface area contributed by atoms with Gasteiger partial charge in [0.25, 0.3) is 10.0 Å². The molecule has 0 spiro atoms. The number of nitrogens with zero attached hydrogens (tertiary/aromatic N) is 2. The number of hydrogen-bond acceptors (Lipinski definition) is 6. The average Bonchev–Trinajstić information content (AvgIpc) is 2.63. The van der Waals surface area contributed by atoms with E-state index in [1.165, 1.54) is 13.0 Å². The molecule has 1 aromatic carbocycles. The molecule has 162 valence electrons. The van der Waals surface area contributed by atoms with Crippen LogP contribution in [0.3, 0.4) is 0 Å². The molecular formula is C18H21F2N5O4S. The van der Waals surface area contributed by atoms with Crippen molar-refractivity contribution in [2.45, 2.75) is 43.4 Å². The minimum atomic E-state index is -4.60. The van der Waals surface area contributed by atoms with Crippen LogP contribution in [0.2, 0.25) is 0 Å². The molecule has 9 nitrogen and oxygen atoms in total. The van der Waals surface area contributed by atoms with Crippen molar-refractivity contribution >= 4 is 27.6 Å². The van der Waals surface area contributed by atoms with Crippen molar-refractivity contribution < 1.29 is 26.8 Å². The summed E-state index contributed by atoms with van der Waals surface area (Å²) in [5.41, 5.74) is 0.224.